The van der Waals surface area contributed by atoms with Crippen molar-refractivity contribution in [1.82, 2.24) is 0 Å². The Hall–Kier alpha value is -1.78. The van der Waals surface area contributed by atoms with E-state index in [9.17, 15) is 9.59 Å². The van der Waals surface area contributed by atoms with Crippen LogP contribution in [0.2, 0.25) is 0 Å². The monoisotopic (exact) mass is 268 g/mol. The Morgan fingerprint density at radius 1 is 0.895 bits per heavy atom. The molecule has 0 N–H and O–H groups in total. The van der Waals surface area contributed by atoms with Crippen molar-refractivity contribution < 1.29 is 23.5 Å². The molecule has 0 aliphatic carbocycles. The summed E-state index contributed by atoms with van der Waals surface area (Å²) in [5.74, 6) is 1.04. The van der Waals surface area contributed by atoms with Crippen molar-refractivity contribution >= 4 is 11.9 Å². The van der Waals surface area contributed by atoms with Gasteiger partial charge < -0.3 is 13.9 Å². The van der Waals surface area contributed by atoms with Crippen molar-refractivity contribution in [2.45, 2.75) is 39.5 Å². The molecule has 0 fully saturated rings. The fourth-order valence-electron chi connectivity index (χ4n) is 1.83. The van der Waals surface area contributed by atoms with Gasteiger partial charge in [0.05, 0.1) is 27.1 Å². The van der Waals surface area contributed by atoms with Gasteiger partial charge in [0.25, 0.3) is 0 Å². The predicted octanol–water partition coefficient (Wildman–Crippen LogP) is 2.11. The highest BCUT2D eigenvalue weighted by Crippen LogP contribution is 2.23. The molecule has 1 heterocycles. The summed E-state index contributed by atoms with van der Waals surface area (Å²) >= 11 is 0. The van der Waals surface area contributed by atoms with E-state index in [2.05, 4.69) is 9.47 Å². The van der Waals surface area contributed by atoms with E-state index in [0.29, 0.717) is 25.7 Å². The summed E-state index contributed by atoms with van der Waals surface area (Å²) in [5, 5.41) is 0. The summed E-state index contributed by atoms with van der Waals surface area (Å²) in [6.07, 6.45) is 1.61. The molecule has 0 saturated carbocycles. The lowest BCUT2D eigenvalue weighted by molar-refractivity contribution is -0.141. The highest BCUT2D eigenvalue weighted by atomic mass is 16.5. The fourth-order valence-corrected chi connectivity index (χ4v) is 1.83. The number of ether oxygens (including phenoxy) is 2. The molecule has 5 nitrogen and oxygen atoms in total. The topological polar surface area (TPSA) is 65.7 Å². The number of rotatable bonds is 6. The lowest BCUT2D eigenvalue weighted by Gasteiger charge is -1.99. The summed E-state index contributed by atoms with van der Waals surface area (Å²) < 4.78 is 14.9. The first kappa shape index (κ1) is 15.3. The van der Waals surface area contributed by atoms with Gasteiger partial charge in [-0.15, -0.1) is 0 Å². The Kier molecular flexibility index (Phi) is 5.60. The smallest absolute Gasteiger partial charge is 0.305 e. The van der Waals surface area contributed by atoms with Crippen LogP contribution in [0, 0.1) is 13.8 Å². The van der Waals surface area contributed by atoms with Crippen LogP contribution in [-0.2, 0) is 31.9 Å². The minimum atomic E-state index is -0.260. The van der Waals surface area contributed by atoms with Crippen LogP contribution in [0.15, 0.2) is 4.42 Å². The third-order valence-corrected chi connectivity index (χ3v) is 3.21. The molecule has 0 unspecified atom stereocenters. The van der Waals surface area contributed by atoms with E-state index >= 15 is 0 Å². The van der Waals surface area contributed by atoms with Gasteiger partial charge in [-0.25, -0.2) is 0 Å². The van der Waals surface area contributed by atoms with Crippen molar-refractivity contribution in [1.29, 1.82) is 0 Å². The first-order valence-electron chi connectivity index (χ1n) is 6.21. The van der Waals surface area contributed by atoms with Gasteiger partial charge in [0.15, 0.2) is 0 Å². The summed E-state index contributed by atoms with van der Waals surface area (Å²) in [5.41, 5.74) is 2.06. The maximum Gasteiger partial charge on any atom is 0.305 e. The zero-order chi connectivity index (χ0) is 14.4. The van der Waals surface area contributed by atoms with E-state index in [-0.39, 0.29) is 11.9 Å². The molecule has 0 bridgehead atoms. The molecule has 5 heteroatoms. The molecule has 1 aromatic heterocycles. The largest absolute Gasteiger partial charge is 0.469 e. The molecule has 0 amide bonds. The fraction of sp³-hybridized carbons (Fsp3) is 0.571. The number of methoxy groups -OCH3 is 2. The van der Waals surface area contributed by atoms with Gasteiger partial charge in [0.2, 0.25) is 0 Å². The van der Waals surface area contributed by atoms with Gasteiger partial charge in [-0.05, 0) is 25.0 Å². The Morgan fingerprint density at radius 2 is 1.26 bits per heavy atom. The number of hydrogen-bond donors (Lipinski definition) is 0. The maximum atomic E-state index is 11.1. The number of furan rings is 1. The summed E-state index contributed by atoms with van der Waals surface area (Å²) in [6, 6.07) is 0. The molecule has 0 spiro atoms. The Labute approximate surface area is 112 Å². The van der Waals surface area contributed by atoms with Crippen LogP contribution < -0.4 is 0 Å². The van der Waals surface area contributed by atoms with Crippen molar-refractivity contribution in [3.63, 3.8) is 0 Å². The van der Waals surface area contributed by atoms with E-state index in [0.717, 1.165) is 22.6 Å². The lowest BCUT2D eigenvalue weighted by Crippen LogP contribution is -2.02. The predicted molar refractivity (Wildman–Crippen MR) is 68.9 cm³/mol. The number of carbonyl (C=O) groups excluding carboxylic acids is 2. The van der Waals surface area contributed by atoms with Gasteiger partial charge in [0.1, 0.15) is 11.5 Å². The molecule has 1 aromatic rings. The second kappa shape index (κ2) is 6.97. The molecule has 0 aliphatic heterocycles. The molecule has 0 atom stereocenters. The van der Waals surface area contributed by atoms with Crippen molar-refractivity contribution in [2.75, 3.05) is 14.2 Å². The highest BCUT2D eigenvalue weighted by molar-refractivity contribution is 5.70. The molecule has 19 heavy (non-hydrogen) atoms. The SMILES string of the molecule is COC(=O)CCc1oc(CCC(=O)OC)c(C)c1C. The molecule has 0 aromatic carbocycles. The third-order valence-electron chi connectivity index (χ3n) is 3.21. The number of hydrogen-bond acceptors (Lipinski definition) is 5. The van der Waals surface area contributed by atoms with Crippen molar-refractivity contribution in [3.05, 3.63) is 22.6 Å². The molecule has 1 rings (SSSR count). The standard InChI is InChI=1S/C14H20O5/c1-9-10(2)12(6-8-14(16)18-4)19-11(9)5-7-13(15)17-3/h5-8H2,1-4H3. The van der Waals surface area contributed by atoms with Gasteiger partial charge >= 0.3 is 11.9 Å². The molecule has 0 saturated heterocycles. The zero-order valence-electron chi connectivity index (χ0n) is 11.9. The molecular formula is C14H20O5. The molecule has 106 valence electrons. The van der Waals surface area contributed by atoms with E-state index in [1.807, 2.05) is 13.8 Å². The average molecular weight is 268 g/mol. The molecule has 0 aliphatic rings. The third kappa shape index (κ3) is 4.12. The van der Waals surface area contributed by atoms with Gasteiger partial charge in [0, 0.05) is 12.8 Å². The van der Waals surface area contributed by atoms with Crippen LogP contribution in [0.3, 0.4) is 0 Å². The quantitative estimate of drug-likeness (QED) is 0.739. The molecule has 0 radical (unpaired) electrons. The van der Waals surface area contributed by atoms with Crippen LogP contribution in [0.1, 0.15) is 35.5 Å². The number of carbonyl (C=O) groups is 2. The van der Waals surface area contributed by atoms with Crippen molar-refractivity contribution in [2.24, 2.45) is 0 Å². The minimum absolute atomic E-state index is 0.260. The van der Waals surface area contributed by atoms with E-state index < -0.39 is 0 Å². The van der Waals surface area contributed by atoms with Gasteiger partial charge in [-0.3, -0.25) is 9.59 Å². The lowest BCUT2D eigenvalue weighted by atomic mass is 10.1. The Morgan fingerprint density at radius 3 is 1.58 bits per heavy atom. The maximum absolute atomic E-state index is 11.1. The minimum Gasteiger partial charge on any atom is -0.469 e. The van der Waals surface area contributed by atoms with E-state index in [4.69, 9.17) is 4.42 Å². The summed E-state index contributed by atoms with van der Waals surface area (Å²) in [6.45, 7) is 3.90. The second-order valence-corrected chi connectivity index (χ2v) is 4.35. The summed E-state index contributed by atoms with van der Waals surface area (Å²) in [4.78, 5) is 22.2. The zero-order valence-corrected chi connectivity index (χ0v) is 11.9. The average Bonchev–Trinajstić information content (AvgIpc) is 2.69. The van der Waals surface area contributed by atoms with E-state index in [1.165, 1.54) is 14.2 Å². The van der Waals surface area contributed by atoms with Gasteiger partial charge in [-0.2, -0.15) is 0 Å². The Balaban J connectivity index is 2.69. The first-order chi connectivity index (χ1) is 8.99. The van der Waals surface area contributed by atoms with Gasteiger partial charge in [-0.1, -0.05) is 0 Å². The first-order valence-corrected chi connectivity index (χ1v) is 6.21. The van der Waals surface area contributed by atoms with E-state index in [1.54, 1.807) is 0 Å². The summed E-state index contributed by atoms with van der Waals surface area (Å²) in [7, 11) is 2.73. The molecular weight excluding hydrogens is 248 g/mol. The van der Waals surface area contributed by atoms with Crippen LogP contribution >= 0.6 is 0 Å². The highest BCUT2D eigenvalue weighted by Gasteiger charge is 2.15. The second-order valence-electron chi connectivity index (χ2n) is 4.35. The number of esters is 2. The van der Waals surface area contributed by atoms with Crippen LogP contribution in [0.25, 0.3) is 0 Å². The van der Waals surface area contributed by atoms with Crippen LogP contribution in [0.5, 0.6) is 0 Å². The number of aryl methyl sites for hydroxylation is 2. The normalized spacial score (nSPS) is 10.3. The Bertz CT molecular complexity index is 418. The van der Waals surface area contributed by atoms with Crippen LogP contribution in [-0.4, -0.2) is 26.2 Å². The van der Waals surface area contributed by atoms with Crippen LogP contribution in [0.4, 0.5) is 0 Å². The van der Waals surface area contributed by atoms with Crippen molar-refractivity contribution in [3.8, 4) is 0 Å².